The SMILES string of the molecule is CCCCCCCOC(=O)CNP1(=O)OC[C@H]2O[C@@](C#N)(c3ccc4c(N)ncnn34)[C@](C)(F)[C@@H]2O1. The first-order valence-electron chi connectivity index (χ1n) is 11.9. The van der Waals surface area contributed by atoms with Crippen LogP contribution >= 0.6 is 7.75 Å². The molecule has 36 heavy (non-hydrogen) atoms. The van der Waals surface area contributed by atoms with Crippen molar-refractivity contribution in [3.8, 4) is 6.07 Å². The van der Waals surface area contributed by atoms with Gasteiger partial charge in [-0.25, -0.2) is 23.5 Å². The van der Waals surface area contributed by atoms with Gasteiger partial charge in [-0.2, -0.15) is 10.4 Å². The van der Waals surface area contributed by atoms with Gasteiger partial charge in [0.1, 0.15) is 36.7 Å². The Labute approximate surface area is 207 Å². The minimum absolute atomic E-state index is 0.0717. The number of nitriles is 1. The van der Waals surface area contributed by atoms with E-state index in [1.165, 1.54) is 16.9 Å². The second-order valence-electron chi connectivity index (χ2n) is 8.97. The van der Waals surface area contributed by atoms with Crippen LogP contribution in [0.15, 0.2) is 18.5 Å². The molecule has 5 atom stereocenters. The van der Waals surface area contributed by atoms with Gasteiger partial charge in [-0.05, 0) is 25.5 Å². The van der Waals surface area contributed by atoms with E-state index < -0.39 is 43.7 Å². The zero-order valence-electron chi connectivity index (χ0n) is 20.2. The summed E-state index contributed by atoms with van der Waals surface area (Å²) in [4.78, 5) is 15.9. The molecule has 0 aliphatic carbocycles. The molecule has 196 valence electrons. The van der Waals surface area contributed by atoms with Crippen LogP contribution in [0.4, 0.5) is 10.2 Å². The number of carbonyl (C=O) groups is 1. The van der Waals surface area contributed by atoms with E-state index in [2.05, 4.69) is 22.1 Å². The maximum absolute atomic E-state index is 16.4. The van der Waals surface area contributed by atoms with Gasteiger partial charge >= 0.3 is 13.7 Å². The highest BCUT2D eigenvalue weighted by Crippen LogP contribution is 2.59. The Morgan fingerprint density at radius 3 is 2.94 bits per heavy atom. The van der Waals surface area contributed by atoms with Crippen LogP contribution in [0.2, 0.25) is 0 Å². The van der Waals surface area contributed by atoms with Gasteiger partial charge in [-0.1, -0.05) is 32.6 Å². The largest absolute Gasteiger partial charge is 0.465 e. The number of rotatable bonds is 10. The highest BCUT2D eigenvalue weighted by Gasteiger charge is 2.70. The molecule has 3 N–H and O–H groups in total. The summed E-state index contributed by atoms with van der Waals surface area (Å²) in [6, 6.07) is 4.93. The number of hydrogen-bond donors (Lipinski definition) is 2. The fourth-order valence-electron chi connectivity index (χ4n) is 4.50. The summed E-state index contributed by atoms with van der Waals surface area (Å²) in [5, 5.41) is 16.6. The van der Waals surface area contributed by atoms with Crippen molar-refractivity contribution in [2.75, 3.05) is 25.5 Å². The molecule has 0 saturated carbocycles. The maximum atomic E-state index is 16.4. The number of ether oxygens (including phenoxy) is 2. The Morgan fingerprint density at radius 1 is 1.42 bits per heavy atom. The van der Waals surface area contributed by atoms with E-state index in [0.717, 1.165) is 39.0 Å². The van der Waals surface area contributed by atoms with Crippen LogP contribution in [0.25, 0.3) is 5.52 Å². The van der Waals surface area contributed by atoms with Gasteiger partial charge in [0.15, 0.2) is 11.5 Å². The van der Waals surface area contributed by atoms with E-state index in [1.54, 1.807) is 6.07 Å². The molecular weight excluding hydrogens is 494 g/mol. The minimum atomic E-state index is -4.10. The zero-order valence-corrected chi connectivity index (χ0v) is 21.1. The summed E-state index contributed by atoms with van der Waals surface area (Å²) >= 11 is 0. The molecule has 2 fully saturated rings. The fraction of sp³-hybridized carbons (Fsp3) is 0.636. The molecular formula is C22H30FN6O6P. The molecule has 4 rings (SSSR count). The van der Waals surface area contributed by atoms with Crippen LogP contribution in [-0.2, 0) is 33.5 Å². The van der Waals surface area contributed by atoms with Gasteiger partial charge in [0, 0.05) is 0 Å². The van der Waals surface area contributed by atoms with Crippen molar-refractivity contribution in [3.05, 3.63) is 24.2 Å². The topological polar surface area (TPSA) is 163 Å². The first-order valence-corrected chi connectivity index (χ1v) is 13.4. The molecule has 2 aliphatic heterocycles. The lowest BCUT2D eigenvalue weighted by Crippen LogP contribution is -2.51. The van der Waals surface area contributed by atoms with Crippen molar-refractivity contribution < 1.29 is 32.3 Å². The molecule has 14 heteroatoms. The molecule has 2 saturated heterocycles. The summed E-state index contributed by atoms with van der Waals surface area (Å²) in [5.41, 5.74) is 1.65. The first-order chi connectivity index (χ1) is 17.2. The zero-order chi connectivity index (χ0) is 26.0. The van der Waals surface area contributed by atoms with E-state index >= 15 is 4.39 Å². The number of anilines is 1. The highest BCUT2D eigenvalue weighted by atomic mass is 31.2. The summed E-state index contributed by atoms with van der Waals surface area (Å²) in [6.45, 7) is 2.72. The number of nitrogen functional groups attached to an aromatic ring is 1. The van der Waals surface area contributed by atoms with Crippen molar-refractivity contribution in [1.82, 2.24) is 19.7 Å². The van der Waals surface area contributed by atoms with Crippen LogP contribution in [-0.4, -0.2) is 58.2 Å². The number of nitrogens with two attached hydrogens (primary N) is 1. The molecule has 2 aromatic heterocycles. The molecule has 0 spiro atoms. The van der Waals surface area contributed by atoms with Crippen molar-refractivity contribution >= 4 is 25.1 Å². The number of halogens is 1. The average Bonchev–Trinajstić information content (AvgIpc) is 3.38. The summed E-state index contributed by atoms with van der Waals surface area (Å²) in [7, 11) is -4.10. The van der Waals surface area contributed by atoms with Crippen LogP contribution in [0, 0.1) is 11.3 Å². The molecule has 12 nitrogen and oxygen atoms in total. The number of alkyl halides is 1. The Hall–Kier alpha value is -2.62. The van der Waals surface area contributed by atoms with E-state index in [-0.39, 0.29) is 24.7 Å². The third-order valence-electron chi connectivity index (χ3n) is 6.48. The Bertz CT molecular complexity index is 1200. The third-order valence-corrected chi connectivity index (χ3v) is 8.02. The highest BCUT2D eigenvalue weighted by molar-refractivity contribution is 7.51. The predicted molar refractivity (Wildman–Crippen MR) is 125 cm³/mol. The van der Waals surface area contributed by atoms with Crippen LogP contribution < -0.4 is 10.8 Å². The number of hydrogen-bond acceptors (Lipinski definition) is 10. The Kier molecular flexibility index (Phi) is 7.64. The molecule has 0 bridgehead atoms. The molecule has 0 aromatic carbocycles. The third kappa shape index (κ3) is 4.71. The predicted octanol–water partition coefficient (Wildman–Crippen LogP) is 2.78. The van der Waals surface area contributed by atoms with Gasteiger partial charge in [0.2, 0.25) is 5.60 Å². The summed E-state index contributed by atoms with van der Waals surface area (Å²) in [6.07, 6.45) is 3.68. The monoisotopic (exact) mass is 524 g/mol. The van der Waals surface area contributed by atoms with Crippen LogP contribution in [0.1, 0.15) is 51.6 Å². The normalized spacial score (nSPS) is 31.7. The van der Waals surface area contributed by atoms with E-state index in [1.807, 2.05) is 6.07 Å². The second-order valence-corrected chi connectivity index (χ2v) is 10.8. The van der Waals surface area contributed by atoms with E-state index in [9.17, 15) is 14.6 Å². The number of esters is 1. The molecule has 0 radical (unpaired) electrons. The van der Waals surface area contributed by atoms with Crippen molar-refractivity contribution in [1.29, 1.82) is 5.26 Å². The molecule has 2 aromatic rings. The van der Waals surface area contributed by atoms with Gasteiger partial charge in [-0.3, -0.25) is 13.8 Å². The number of fused-ring (bicyclic) bond motifs is 2. The minimum Gasteiger partial charge on any atom is -0.465 e. The van der Waals surface area contributed by atoms with Crippen molar-refractivity contribution in [3.63, 3.8) is 0 Å². The fourth-order valence-corrected chi connectivity index (χ4v) is 6.03. The smallest absolute Gasteiger partial charge is 0.406 e. The van der Waals surface area contributed by atoms with Crippen molar-refractivity contribution in [2.45, 2.75) is 69.4 Å². The molecule has 0 amide bonds. The molecule has 1 unspecified atom stereocenters. The van der Waals surface area contributed by atoms with Crippen LogP contribution in [0.5, 0.6) is 0 Å². The average molecular weight is 524 g/mol. The van der Waals surface area contributed by atoms with E-state index in [0.29, 0.717) is 5.52 Å². The number of aromatic nitrogens is 3. The second kappa shape index (κ2) is 10.4. The Morgan fingerprint density at radius 2 is 2.19 bits per heavy atom. The lowest BCUT2D eigenvalue weighted by Gasteiger charge is -2.35. The van der Waals surface area contributed by atoms with Gasteiger partial charge < -0.3 is 15.2 Å². The number of nitrogens with zero attached hydrogens (tertiary/aromatic N) is 4. The van der Waals surface area contributed by atoms with Gasteiger partial charge in [0.05, 0.1) is 18.9 Å². The number of nitrogens with one attached hydrogen (secondary N) is 1. The number of unbranched alkanes of at least 4 members (excludes halogenated alkanes) is 4. The first kappa shape index (κ1) is 26.4. The quantitative estimate of drug-likeness (QED) is 0.267. The maximum Gasteiger partial charge on any atom is 0.406 e. The summed E-state index contributed by atoms with van der Waals surface area (Å²) in [5.74, 6) is -0.495. The van der Waals surface area contributed by atoms with Crippen LogP contribution in [0.3, 0.4) is 0 Å². The Balaban J connectivity index is 1.44. The standard InChI is InChI=1S/C22H30FN6O6P/c1-3-4-5-6-7-10-32-18(30)11-28-36(31)33-12-16-19(35-36)21(2,23)22(13-24,34-16)17-9-8-15-20(25)26-14-27-29(15)17/h8-9,14,16,19H,3-7,10-12H2,1-2H3,(H,28,31)(H2,25,26,27)/t16-,19-,21-,22+,36?/m1/s1. The lowest BCUT2D eigenvalue weighted by molar-refractivity contribution is -0.142. The lowest BCUT2D eigenvalue weighted by atomic mass is 9.82. The van der Waals surface area contributed by atoms with Gasteiger partial charge in [-0.15, -0.1) is 0 Å². The van der Waals surface area contributed by atoms with Crippen molar-refractivity contribution in [2.24, 2.45) is 0 Å². The summed E-state index contributed by atoms with van der Waals surface area (Å²) < 4.78 is 52.7. The number of carbonyl (C=O) groups excluding carboxylic acids is 1. The van der Waals surface area contributed by atoms with Gasteiger partial charge in [0.25, 0.3) is 0 Å². The van der Waals surface area contributed by atoms with E-state index in [4.69, 9.17) is 24.3 Å². The molecule has 4 heterocycles. The molecule has 2 aliphatic rings.